The highest BCUT2D eigenvalue weighted by atomic mass is 16.3. The van der Waals surface area contributed by atoms with Gasteiger partial charge in [0.15, 0.2) is 0 Å². The third-order valence-corrected chi connectivity index (χ3v) is 2.57. The van der Waals surface area contributed by atoms with Crippen LogP contribution in [0.3, 0.4) is 0 Å². The summed E-state index contributed by atoms with van der Waals surface area (Å²) in [5.41, 5.74) is 1.68. The van der Waals surface area contributed by atoms with Crippen molar-refractivity contribution in [2.24, 2.45) is 5.84 Å². The number of hydrogen-bond acceptors (Lipinski definition) is 6. The summed E-state index contributed by atoms with van der Waals surface area (Å²) in [5.74, 6) is 6.32. The van der Waals surface area contributed by atoms with Crippen molar-refractivity contribution in [1.29, 1.82) is 0 Å². The average molecular weight is 226 g/mol. The van der Waals surface area contributed by atoms with Crippen LogP contribution in [-0.2, 0) is 0 Å². The number of rotatable bonds is 6. The first-order valence-corrected chi connectivity index (χ1v) is 5.13. The number of hydrogen-bond donors (Lipinski definition) is 5. The summed E-state index contributed by atoms with van der Waals surface area (Å²) in [4.78, 5) is 4.15. The third kappa shape index (κ3) is 2.82. The Bertz CT molecular complexity index is 320. The van der Waals surface area contributed by atoms with Crippen LogP contribution in [0.4, 0.5) is 11.6 Å². The van der Waals surface area contributed by atoms with Crippen molar-refractivity contribution in [1.82, 2.24) is 4.98 Å². The van der Waals surface area contributed by atoms with E-state index in [-0.39, 0.29) is 13.2 Å². The van der Waals surface area contributed by atoms with Gasteiger partial charge in [-0.25, -0.2) is 10.8 Å². The second-order valence-corrected chi connectivity index (χ2v) is 3.63. The second kappa shape index (κ2) is 5.64. The first-order chi connectivity index (χ1) is 7.69. The summed E-state index contributed by atoms with van der Waals surface area (Å²) in [6, 6.07) is 5.24. The van der Waals surface area contributed by atoms with Crippen molar-refractivity contribution in [3.8, 4) is 0 Å². The minimum Gasteiger partial charge on any atom is -0.394 e. The Hall–Kier alpha value is -1.37. The first kappa shape index (κ1) is 12.7. The zero-order valence-corrected chi connectivity index (χ0v) is 9.27. The fourth-order valence-electron chi connectivity index (χ4n) is 1.30. The second-order valence-electron chi connectivity index (χ2n) is 3.63. The lowest BCUT2D eigenvalue weighted by Gasteiger charge is -2.30. The molecule has 1 aromatic rings. The van der Waals surface area contributed by atoms with Gasteiger partial charge in [0.2, 0.25) is 0 Å². The van der Waals surface area contributed by atoms with Gasteiger partial charge in [0.25, 0.3) is 0 Å². The largest absolute Gasteiger partial charge is 0.394 e. The number of nitrogens with zero attached hydrogens (tertiary/aromatic N) is 1. The van der Waals surface area contributed by atoms with Crippen LogP contribution in [0.2, 0.25) is 0 Å². The molecule has 6 heteroatoms. The highest BCUT2D eigenvalue weighted by Gasteiger charge is 2.26. The lowest BCUT2D eigenvalue weighted by atomic mass is 9.98. The Morgan fingerprint density at radius 2 is 1.94 bits per heavy atom. The van der Waals surface area contributed by atoms with Gasteiger partial charge in [0.05, 0.1) is 18.8 Å². The molecule has 0 aromatic carbocycles. The lowest BCUT2D eigenvalue weighted by molar-refractivity contribution is 0.132. The van der Waals surface area contributed by atoms with Crippen LogP contribution in [-0.4, -0.2) is 33.9 Å². The number of aromatic nitrogens is 1. The van der Waals surface area contributed by atoms with Gasteiger partial charge in [0.1, 0.15) is 11.6 Å². The van der Waals surface area contributed by atoms with E-state index in [9.17, 15) is 10.2 Å². The molecule has 0 radical (unpaired) electrons. The van der Waals surface area contributed by atoms with Gasteiger partial charge >= 0.3 is 0 Å². The van der Waals surface area contributed by atoms with Gasteiger partial charge in [0, 0.05) is 0 Å². The van der Waals surface area contributed by atoms with E-state index in [0.29, 0.717) is 18.1 Å². The topological polar surface area (TPSA) is 103 Å². The van der Waals surface area contributed by atoms with E-state index in [2.05, 4.69) is 15.7 Å². The molecule has 0 atom stereocenters. The van der Waals surface area contributed by atoms with E-state index in [1.165, 1.54) is 0 Å². The zero-order chi connectivity index (χ0) is 12.0. The molecular formula is C10H18N4O2. The molecule has 90 valence electrons. The molecule has 0 bridgehead atoms. The highest BCUT2D eigenvalue weighted by Crippen LogP contribution is 2.17. The summed E-state index contributed by atoms with van der Waals surface area (Å²) in [5, 5.41) is 21.6. The van der Waals surface area contributed by atoms with Crippen LogP contribution in [0, 0.1) is 0 Å². The van der Waals surface area contributed by atoms with Gasteiger partial charge in [-0.1, -0.05) is 13.0 Å². The van der Waals surface area contributed by atoms with E-state index in [1.807, 2.05) is 6.92 Å². The molecule has 0 spiro atoms. The van der Waals surface area contributed by atoms with Crippen molar-refractivity contribution in [3.63, 3.8) is 0 Å². The molecule has 0 saturated carbocycles. The normalized spacial score (nSPS) is 11.2. The summed E-state index contributed by atoms with van der Waals surface area (Å²) in [7, 11) is 0. The van der Waals surface area contributed by atoms with E-state index in [0.717, 1.165) is 0 Å². The molecule has 6 nitrogen and oxygen atoms in total. The quantitative estimate of drug-likeness (QED) is 0.343. The zero-order valence-electron chi connectivity index (χ0n) is 9.27. The Morgan fingerprint density at radius 1 is 1.31 bits per heavy atom. The summed E-state index contributed by atoms with van der Waals surface area (Å²) in [6.45, 7) is 1.55. The minimum atomic E-state index is -0.750. The van der Waals surface area contributed by atoms with Crippen LogP contribution >= 0.6 is 0 Å². The fourth-order valence-corrected chi connectivity index (χ4v) is 1.30. The smallest absolute Gasteiger partial charge is 0.142 e. The molecule has 0 saturated heterocycles. The van der Waals surface area contributed by atoms with E-state index < -0.39 is 5.54 Å². The molecule has 1 aromatic heterocycles. The van der Waals surface area contributed by atoms with E-state index in [1.54, 1.807) is 18.2 Å². The number of anilines is 2. The maximum absolute atomic E-state index is 9.27. The van der Waals surface area contributed by atoms with Gasteiger partial charge in [-0.3, -0.25) is 0 Å². The average Bonchev–Trinajstić information content (AvgIpc) is 2.36. The van der Waals surface area contributed by atoms with Crippen molar-refractivity contribution < 1.29 is 10.2 Å². The van der Waals surface area contributed by atoms with Crippen molar-refractivity contribution in [3.05, 3.63) is 18.2 Å². The lowest BCUT2D eigenvalue weighted by Crippen LogP contribution is -2.45. The molecule has 0 amide bonds. The maximum Gasteiger partial charge on any atom is 0.142 e. The van der Waals surface area contributed by atoms with Crippen LogP contribution in [0.25, 0.3) is 0 Å². The maximum atomic E-state index is 9.27. The van der Waals surface area contributed by atoms with Crippen LogP contribution in [0.1, 0.15) is 13.3 Å². The van der Waals surface area contributed by atoms with Crippen LogP contribution in [0.15, 0.2) is 18.2 Å². The predicted molar refractivity (Wildman–Crippen MR) is 62.9 cm³/mol. The third-order valence-electron chi connectivity index (χ3n) is 2.57. The standard InChI is InChI=1S/C10H18N4O2/c1-2-10(6-15,7-16)13-8-4-3-5-9(12-8)14-11/h3-5,15-16H,2,6-7,11H2,1H3,(H2,12,13,14). The molecule has 1 heterocycles. The number of nitrogens with one attached hydrogen (secondary N) is 2. The number of hydrazine groups is 1. The predicted octanol–water partition coefficient (Wildman–Crippen LogP) is -0.0875. The number of aliphatic hydroxyl groups excluding tert-OH is 2. The van der Waals surface area contributed by atoms with Crippen molar-refractivity contribution in [2.45, 2.75) is 18.9 Å². The molecule has 0 aliphatic rings. The highest BCUT2D eigenvalue weighted by molar-refractivity contribution is 5.46. The molecule has 1 rings (SSSR count). The Balaban J connectivity index is 2.84. The summed E-state index contributed by atoms with van der Waals surface area (Å²) >= 11 is 0. The fraction of sp³-hybridized carbons (Fsp3) is 0.500. The van der Waals surface area contributed by atoms with Crippen LogP contribution in [0.5, 0.6) is 0 Å². The molecule has 0 aliphatic carbocycles. The van der Waals surface area contributed by atoms with Gasteiger partial charge in [-0.05, 0) is 18.6 Å². The SMILES string of the molecule is CCC(CO)(CO)Nc1cccc(NN)n1. The van der Waals surface area contributed by atoms with Crippen molar-refractivity contribution in [2.75, 3.05) is 24.0 Å². The Morgan fingerprint density at radius 3 is 2.44 bits per heavy atom. The monoisotopic (exact) mass is 226 g/mol. The van der Waals surface area contributed by atoms with Gasteiger partial charge in [-0.2, -0.15) is 0 Å². The summed E-state index contributed by atoms with van der Waals surface area (Å²) < 4.78 is 0. The summed E-state index contributed by atoms with van der Waals surface area (Å²) in [6.07, 6.45) is 0.585. The van der Waals surface area contributed by atoms with Gasteiger partial charge in [-0.15, -0.1) is 0 Å². The minimum absolute atomic E-state index is 0.165. The molecule has 0 fully saturated rings. The van der Waals surface area contributed by atoms with Crippen molar-refractivity contribution >= 4 is 11.6 Å². The number of aliphatic hydroxyl groups is 2. The number of nitrogens with two attached hydrogens (primary N) is 1. The number of pyridine rings is 1. The first-order valence-electron chi connectivity index (χ1n) is 5.13. The molecule has 0 unspecified atom stereocenters. The Labute approximate surface area is 94.5 Å². The van der Waals surface area contributed by atoms with E-state index >= 15 is 0 Å². The molecule has 6 N–H and O–H groups in total. The van der Waals surface area contributed by atoms with E-state index in [4.69, 9.17) is 5.84 Å². The number of nitrogen functional groups attached to an aromatic ring is 1. The molecule has 16 heavy (non-hydrogen) atoms. The Kier molecular flexibility index (Phi) is 4.48. The van der Waals surface area contributed by atoms with Crippen LogP contribution < -0.4 is 16.6 Å². The molecule has 0 aliphatic heterocycles. The van der Waals surface area contributed by atoms with Gasteiger partial charge < -0.3 is 21.0 Å². The molecular weight excluding hydrogens is 208 g/mol.